The standard InChI is InChI=1S/2C24H20B.4C10H15.CH2Cl2.Fe.4Ir.4S/c2*1-5-13-21(14-6-1)25(22-15-7-2-8-16-22,23-17-9-3-10-18-23)24-19-11-4-12-20-24;4*1-6-7(2)9(4)10(5)8(6)3;2-1-3;;;;;;;;;/h2*1-20H;4*1-5H3;1H2;;;;;;;;;/q6*-1;;+3;;3*+3;4*-2. The molecule has 0 aliphatic carbocycles. The Hall–Kier alpha value is -3.61. The quantitative estimate of drug-likeness (QED) is 0.0808. The maximum atomic E-state index is 4.76. The van der Waals surface area contributed by atoms with E-state index in [-0.39, 0.29) is 157 Å². The van der Waals surface area contributed by atoms with E-state index in [9.17, 15) is 0 Å². The Bertz CT molecular complexity index is 3210. The molecule has 2 radical (unpaired) electrons. The van der Waals surface area contributed by atoms with Crippen LogP contribution in [0, 0.1) is 138 Å². The average Bonchev–Trinajstić information content (AvgIpc) is 1.43. The first kappa shape index (κ1) is 105. The van der Waals surface area contributed by atoms with Crippen molar-refractivity contribution in [1.82, 2.24) is 0 Å². The Kier molecular flexibility index (Phi) is 52.2. The number of halogens is 2. The Morgan fingerprint density at radius 1 is 0.216 bits per heavy atom. The molecule has 0 fully saturated rings. The van der Waals surface area contributed by atoms with Gasteiger partial charge in [-0.3, -0.25) is 0 Å². The summed E-state index contributed by atoms with van der Waals surface area (Å²) in [4.78, 5) is 0. The molecule has 548 valence electrons. The molecule has 0 saturated carbocycles. The van der Waals surface area contributed by atoms with Gasteiger partial charge in [-0.2, -0.15) is 155 Å². The van der Waals surface area contributed by atoms with E-state index in [0.29, 0.717) is 0 Å². The van der Waals surface area contributed by atoms with Gasteiger partial charge in [0.2, 0.25) is 0 Å². The molecule has 0 aliphatic rings. The SMILES string of the molecule is Cc1c(C)c(C)[c-](C)c1C.Cc1c(C)c(C)[c-](C)c1C.Cc1c(C)c(C)[c-](C)c1C.Cc1c(C)c(C)[c-](C)c1C.ClCCl.[Fe+3].[Ir+3].[Ir+3].[Ir+3].[Ir].[S-2].[S-2].[S-2].[S-2].c1ccc([B-](c2ccccc2)(c2ccccc2)c2ccccc2)cc1.c1ccc([B-](c2ccccc2)(c2ccccc2)c2ccccc2)cc1. The van der Waals surface area contributed by atoms with Crippen molar-refractivity contribution < 1.29 is 97.5 Å². The zero-order chi connectivity index (χ0) is 68.2. The van der Waals surface area contributed by atoms with Crippen molar-refractivity contribution in [3.8, 4) is 0 Å². The minimum absolute atomic E-state index is 0. The van der Waals surface area contributed by atoms with Crippen LogP contribution in [0.1, 0.15) is 111 Å². The predicted molar refractivity (Wildman–Crippen MR) is 449 cm³/mol. The van der Waals surface area contributed by atoms with Crippen LogP contribution in [0.3, 0.4) is 0 Å². The second-order valence-electron chi connectivity index (χ2n) is 25.6. The molecule has 0 aliphatic heterocycles. The zero-order valence-electron chi connectivity index (χ0n) is 63.0. The van der Waals surface area contributed by atoms with Crippen LogP contribution < -0.4 is 43.7 Å². The maximum Gasteiger partial charge on any atom is 3.00 e. The van der Waals surface area contributed by atoms with E-state index in [1.165, 1.54) is 155 Å². The fourth-order valence-electron chi connectivity index (χ4n) is 13.9. The second kappa shape index (κ2) is 50.9. The fraction of sp³-hybridized carbons (Fsp3) is 0.236. The number of hydrogen-bond donors (Lipinski definition) is 0. The summed E-state index contributed by atoms with van der Waals surface area (Å²) in [5.41, 5.74) is 40.1. The van der Waals surface area contributed by atoms with Crippen molar-refractivity contribution in [1.29, 1.82) is 0 Å². The summed E-state index contributed by atoms with van der Waals surface area (Å²) in [6.07, 6.45) is -2.43. The molecule has 0 saturated heterocycles. The Balaban J connectivity index is -0.000000579. The van der Waals surface area contributed by atoms with E-state index in [1.807, 2.05) is 0 Å². The fourth-order valence-corrected chi connectivity index (χ4v) is 13.9. The first-order valence-corrected chi connectivity index (χ1v) is 34.2. The summed E-state index contributed by atoms with van der Waals surface area (Å²) in [5.74, 6) is 0. The molecule has 13 heteroatoms. The number of rotatable bonds is 8. The summed E-state index contributed by atoms with van der Waals surface area (Å²) in [6.45, 7) is 44.0. The first-order chi connectivity index (χ1) is 44.5. The third-order valence-electron chi connectivity index (χ3n) is 21.6. The van der Waals surface area contributed by atoms with Crippen LogP contribution in [0.2, 0.25) is 0 Å². The molecule has 0 heterocycles. The predicted octanol–water partition coefficient (Wildman–Crippen LogP) is 19.3. The van der Waals surface area contributed by atoms with Crippen molar-refractivity contribution in [2.75, 3.05) is 5.34 Å². The molecule has 102 heavy (non-hydrogen) atoms. The first-order valence-electron chi connectivity index (χ1n) is 33.1. The van der Waals surface area contributed by atoms with E-state index in [1.54, 1.807) is 0 Å². The van der Waals surface area contributed by atoms with Gasteiger partial charge < -0.3 is 54.0 Å². The Labute approximate surface area is 720 Å². The van der Waals surface area contributed by atoms with Gasteiger partial charge in [-0.15, -0.1) is 23.2 Å². The molecule has 0 unspecified atom stereocenters. The van der Waals surface area contributed by atoms with E-state index in [0.717, 1.165) is 0 Å². The number of benzene rings is 8. The van der Waals surface area contributed by atoms with Gasteiger partial charge in [0.15, 0.2) is 0 Å². The van der Waals surface area contributed by atoms with Gasteiger partial charge in [-0.05, 0) is 0 Å². The van der Waals surface area contributed by atoms with Gasteiger partial charge in [-0.25, -0.2) is 0 Å². The van der Waals surface area contributed by atoms with Crippen molar-refractivity contribution in [2.24, 2.45) is 0 Å². The van der Waals surface area contributed by atoms with Gasteiger partial charge in [-0.1, -0.05) is 381 Å². The van der Waals surface area contributed by atoms with E-state index in [4.69, 9.17) is 23.2 Å². The summed E-state index contributed by atoms with van der Waals surface area (Å²) in [5, 5.41) is 0.194. The summed E-state index contributed by atoms with van der Waals surface area (Å²) in [6, 6.07) is 87.1. The van der Waals surface area contributed by atoms with Crippen LogP contribution in [0.25, 0.3) is 0 Å². The van der Waals surface area contributed by atoms with E-state index < -0.39 is 12.3 Å². The van der Waals surface area contributed by atoms with Gasteiger partial charge in [0.05, 0.1) is 5.34 Å². The monoisotopic (exact) mass is 2220 g/mol. The molecule has 0 atom stereocenters. The number of hydrogen-bond acceptors (Lipinski definition) is 0. The molecular formula is C89H102B2Cl2FeIr4S4-2. The van der Waals surface area contributed by atoms with Gasteiger partial charge >= 0.3 is 77.4 Å². The molecule has 0 N–H and O–H groups in total. The average molecular weight is 2220 g/mol. The normalized spacial score (nSPS) is 9.78. The molecule has 0 nitrogen and oxygen atoms in total. The van der Waals surface area contributed by atoms with E-state index in [2.05, 4.69) is 381 Å². The Morgan fingerprint density at radius 2 is 0.294 bits per heavy atom. The molecule has 12 rings (SSSR count). The Morgan fingerprint density at radius 3 is 0.353 bits per heavy atom. The summed E-state index contributed by atoms with van der Waals surface area (Å²) in [7, 11) is 0. The largest absolute Gasteiger partial charge is 3.00 e. The minimum atomic E-state index is -1.22. The van der Waals surface area contributed by atoms with Crippen LogP contribution in [-0.2, 0) is 151 Å². The van der Waals surface area contributed by atoms with Crippen LogP contribution in [0.15, 0.2) is 243 Å². The zero-order valence-corrected chi connectivity index (χ0v) is 78.5. The van der Waals surface area contributed by atoms with E-state index >= 15 is 0 Å². The third-order valence-corrected chi connectivity index (χ3v) is 21.6. The number of alkyl halides is 2. The molecular weight excluding hydrogens is 2110 g/mol. The van der Waals surface area contributed by atoms with Gasteiger partial charge in [0.1, 0.15) is 12.3 Å². The topological polar surface area (TPSA) is 0 Å². The van der Waals surface area contributed by atoms with Gasteiger partial charge in [0, 0.05) is 20.1 Å². The van der Waals surface area contributed by atoms with Crippen molar-refractivity contribution >= 4 is 133 Å². The molecule has 0 aromatic heterocycles. The third kappa shape index (κ3) is 24.7. The van der Waals surface area contributed by atoms with Crippen LogP contribution in [-0.4, -0.2) is 17.6 Å². The van der Waals surface area contributed by atoms with Crippen LogP contribution in [0.4, 0.5) is 0 Å². The van der Waals surface area contributed by atoms with Crippen LogP contribution >= 0.6 is 23.2 Å². The minimum Gasteiger partial charge on any atom is -2.00 e. The van der Waals surface area contributed by atoms with Crippen molar-refractivity contribution in [2.45, 2.75) is 138 Å². The van der Waals surface area contributed by atoms with Crippen LogP contribution in [0.5, 0.6) is 0 Å². The van der Waals surface area contributed by atoms with Gasteiger partial charge in [0.25, 0.3) is 0 Å². The molecule has 0 amide bonds. The molecule has 0 spiro atoms. The smallest absolute Gasteiger partial charge is 2.00 e. The molecule has 0 bridgehead atoms. The van der Waals surface area contributed by atoms with Crippen molar-refractivity contribution in [3.63, 3.8) is 0 Å². The summed E-state index contributed by atoms with van der Waals surface area (Å²) < 4.78 is 0. The van der Waals surface area contributed by atoms with Crippen molar-refractivity contribution in [3.05, 3.63) is 354 Å². The molecule has 12 aromatic carbocycles. The second-order valence-corrected chi connectivity index (χ2v) is 26.4. The molecule has 12 aromatic rings. The maximum absolute atomic E-state index is 4.76. The summed E-state index contributed by atoms with van der Waals surface area (Å²) >= 11 is 9.53.